The molecule has 1 aromatic rings. The van der Waals surface area contributed by atoms with Crippen molar-refractivity contribution < 1.29 is 0 Å². The van der Waals surface area contributed by atoms with Gasteiger partial charge in [0, 0.05) is 25.8 Å². The Morgan fingerprint density at radius 2 is 1.75 bits per heavy atom. The van der Waals surface area contributed by atoms with E-state index in [1.54, 1.807) is 0 Å². The Balaban J connectivity index is 2.76. The first kappa shape index (κ1) is 16.9. The van der Waals surface area contributed by atoms with Crippen molar-refractivity contribution in [2.45, 2.75) is 47.6 Å². The molecule has 0 aliphatic carbocycles. The van der Waals surface area contributed by atoms with Crippen LogP contribution in [0.15, 0.2) is 12.4 Å². The van der Waals surface area contributed by atoms with E-state index in [1.807, 2.05) is 12.4 Å². The van der Waals surface area contributed by atoms with Gasteiger partial charge >= 0.3 is 0 Å². The Hall–Kier alpha value is -1.16. The topological polar surface area (TPSA) is 41.1 Å². The van der Waals surface area contributed by atoms with E-state index in [9.17, 15) is 0 Å². The van der Waals surface area contributed by atoms with Crippen LogP contribution < -0.4 is 10.2 Å². The Morgan fingerprint density at radius 3 is 2.30 bits per heavy atom. The van der Waals surface area contributed by atoms with Crippen LogP contribution in [0.3, 0.4) is 0 Å². The van der Waals surface area contributed by atoms with Gasteiger partial charge in [0.1, 0.15) is 5.82 Å². The van der Waals surface area contributed by atoms with Gasteiger partial charge in [-0.2, -0.15) is 0 Å². The fourth-order valence-electron chi connectivity index (χ4n) is 2.17. The summed E-state index contributed by atoms with van der Waals surface area (Å²) >= 11 is 0. The zero-order valence-electron chi connectivity index (χ0n) is 13.7. The SMILES string of the molecule is CCCNCc1cncc(N(CC(C)C)CC(C)C)n1. The van der Waals surface area contributed by atoms with E-state index in [0.29, 0.717) is 11.8 Å². The molecule has 0 unspecified atom stereocenters. The van der Waals surface area contributed by atoms with Crippen molar-refractivity contribution in [2.75, 3.05) is 24.5 Å². The van der Waals surface area contributed by atoms with Crippen LogP contribution in [0.5, 0.6) is 0 Å². The average Bonchev–Trinajstić information content (AvgIpc) is 2.37. The Bertz CT molecular complexity index is 366. The molecule has 0 fully saturated rings. The van der Waals surface area contributed by atoms with Gasteiger partial charge in [-0.3, -0.25) is 4.98 Å². The summed E-state index contributed by atoms with van der Waals surface area (Å²) < 4.78 is 0. The molecule has 114 valence electrons. The van der Waals surface area contributed by atoms with Gasteiger partial charge in [0.25, 0.3) is 0 Å². The third-order valence-electron chi connectivity index (χ3n) is 2.90. The van der Waals surface area contributed by atoms with Gasteiger partial charge in [0.15, 0.2) is 0 Å². The number of anilines is 1. The van der Waals surface area contributed by atoms with Gasteiger partial charge in [0.05, 0.1) is 11.9 Å². The maximum Gasteiger partial charge on any atom is 0.147 e. The molecule has 0 saturated carbocycles. The summed E-state index contributed by atoms with van der Waals surface area (Å²) in [6.45, 7) is 15.0. The van der Waals surface area contributed by atoms with Crippen LogP contribution in [0, 0.1) is 11.8 Å². The molecule has 0 spiro atoms. The lowest BCUT2D eigenvalue weighted by Crippen LogP contribution is -2.32. The van der Waals surface area contributed by atoms with Gasteiger partial charge in [0.2, 0.25) is 0 Å². The number of hydrogen-bond donors (Lipinski definition) is 1. The van der Waals surface area contributed by atoms with Crippen LogP contribution in [0.4, 0.5) is 5.82 Å². The van der Waals surface area contributed by atoms with Crippen molar-refractivity contribution in [3.63, 3.8) is 0 Å². The van der Waals surface area contributed by atoms with E-state index >= 15 is 0 Å². The largest absolute Gasteiger partial charge is 0.355 e. The fourth-order valence-corrected chi connectivity index (χ4v) is 2.17. The summed E-state index contributed by atoms with van der Waals surface area (Å²) in [5.41, 5.74) is 1.02. The second-order valence-electron chi connectivity index (χ2n) is 6.24. The summed E-state index contributed by atoms with van der Waals surface area (Å²) in [5.74, 6) is 2.25. The van der Waals surface area contributed by atoms with Crippen LogP contribution in [0.2, 0.25) is 0 Å². The molecule has 0 radical (unpaired) electrons. The molecule has 0 atom stereocenters. The molecule has 0 saturated heterocycles. The number of nitrogens with zero attached hydrogens (tertiary/aromatic N) is 3. The summed E-state index contributed by atoms with van der Waals surface area (Å²) in [6.07, 6.45) is 4.88. The lowest BCUT2D eigenvalue weighted by atomic mass is 10.1. The van der Waals surface area contributed by atoms with Crippen molar-refractivity contribution in [3.8, 4) is 0 Å². The van der Waals surface area contributed by atoms with Gasteiger partial charge in [-0.25, -0.2) is 4.98 Å². The molecule has 4 nitrogen and oxygen atoms in total. The molecule has 1 N–H and O–H groups in total. The highest BCUT2D eigenvalue weighted by Crippen LogP contribution is 2.14. The third-order valence-corrected chi connectivity index (χ3v) is 2.90. The Morgan fingerprint density at radius 1 is 1.10 bits per heavy atom. The molecular weight excluding hydrogens is 248 g/mol. The predicted octanol–water partition coefficient (Wildman–Crippen LogP) is 3.09. The lowest BCUT2D eigenvalue weighted by molar-refractivity contribution is 0.546. The van der Waals surface area contributed by atoms with Gasteiger partial charge < -0.3 is 10.2 Å². The number of nitrogens with one attached hydrogen (secondary N) is 1. The van der Waals surface area contributed by atoms with Gasteiger partial charge in [-0.15, -0.1) is 0 Å². The zero-order chi connectivity index (χ0) is 15.0. The van der Waals surface area contributed by atoms with Gasteiger partial charge in [-0.05, 0) is 24.8 Å². The van der Waals surface area contributed by atoms with Crippen molar-refractivity contribution in [1.29, 1.82) is 0 Å². The first-order valence-electron chi connectivity index (χ1n) is 7.79. The van der Waals surface area contributed by atoms with E-state index in [-0.39, 0.29) is 0 Å². The molecule has 0 aliphatic rings. The summed E-state index contributed by atoms with van der Waals surface area (Å²) in [4.78, 5) is 11.5. The number of hydrogen-bond acceptors (Lipinski definition) is 4. The number of rotatable bonds is 9. The fraction of sp³-hybridized carbons (Fsp3) is 0.750. The second-order valence-corrected chi connectivity index (χ2v) is 6.24. The van der Waals surface area contributed by atoms with Crippen LogP contribution in [0.25, 0.3) is 0 Å². The summed E-state index contributed by atoms with van der Waals surface area (Å²) in [7, 11) is 0. The monoisotopic (exact) mass is 278 g/mol. The maximum atomic E-state index is 4.75. The van der Waals surface area contributed by atoms with Crippen molar-refractivity contribution in [1.82, 2.24) is 15.3 Å². The molecule has 4 heteroatoms. The van der Waals surface area contributed by atoms with Crippen molar-refractivity contribution >= 4 is 5.82 Å². The molecule has 20 heavy (non-hydrogen) atoms. The second kappa shape index (κ2) is 8.90. The molecular formula is C16H30N4. The molecule has 1 aromatic heterocycles. The Kier molecular flexibility index (Phi) is 7.52. The van der Waals surface area contributed by atoms with Crippen molar-refractivity contribution in [3.05, 3.63) is 18.1 Å². The molecule has 0 bridgehead atoms. The highest BCUT2D eigenvalue weighted by Gasteiger charge is 2.12. The first-order valence-corrected chi connectivity index (χ1v) is 7.79. The minimum absolute atomic E-state index is 0.623. The summed E-state index contributed by atoms with van der Waals surface area (Å²) in [6, 6.07) is 0. The zero-order valence-corrected chi connectivity index (χ0v) is 13.7. The molecule has 1 heterocycles. The maximum absolute atomic E-state index is 4.75. The van der Waals surface area contributed by atoms with Crippen LogP contribution >= 0.6 is 0 Å². The standard InChI is InChI=1S/C16H30N4/c1-6-7-17-8-15-9-18-10-16(19-15)20(11-13(2)3)12-14(4)5/h9-10,13-14,17H,6-8,11-12H2,1-5H3. The minimum Gasteiger partial charge on any atom is -0.355 e. The van der Waals surface area contributed by atoms with E-state index in [0.717, 1.165) is 44.1 Å². The van der Waals surface area contributed by atoms with Crippen molar-refractivity contribution in [2.24, 2.45) is 11.8 Å². The van der Waals surface area contributed by atoms with Crippen LogP contribution in [0.1, 0.15) is 46.7 Å². The lowest BCUT2D eigenvalue weighted by Gasteiger charge is -2.27. The minimum atomic E-state index is 0.623. The normalized spacial score (nSPS) is 11.3. The molecule has 0 aliphatic heterocycles. The van der Waals surface area contributed by atoms with E-state index in [4.69, 9.17) is 4.98 Å². The van der Waals surface area contributed by atoms with Crippen LogP contribution in [-0.2, 0) is 6.54 Å². The first-order chi connectivity index (χ1) is 9.52. The molecule has 0 aromatic carbocycles. The average molecular weight is 278 g/mol. The smallest absolute Gasteiger partial charge is 0.147 e. The third kappa shape index (κ3) is 6.33. The highest BCUT2D eigenvalue weighted by atomic mass is 15.2. The Labute approximate surface area is 124 Å². The predicted molar refractivity (Wildman–Crippen MR) is 85.9 cm³/mol. The van der Waals surface area contributed by atoms with Crippen LogP contribution in [-0.4, -0.2) is 29.6 Å². The number of aromatic nitrogens is 2. The molecule has 1 rings (SSSR count). The van der Waals surface area contributed by atoms with E-state index in [1.165, 1.54) is 0 Å². The summed E-state index contributed by atoms with van der Waals surface area (Å²) in [5, 5.41) is 3.38. The van der Waals surface area contributed by atoms with E-state index in [2.05, 4.69) is 49.8 Å². The molecule has 0 amide bonds. The quantitative estimate of drug-likeness (QED) is 0.705. The van der Waals surface area contributed by atoms with Gasteiger partial charge in [-0.1, -0.05) is 34.6 Å². The van der Waals surface area contributed by atoms with E-state index < -0.39 is 0 Å². The highest BCUT2D eigenvalue weighted by molar-refractivity contribution is 5.36.